The van der Waals surface area contributed by atoms with E-state index in [-0.39, 0.29) is 12.1 Å². The number of hydrogen-bond donors (Lipinski definition) is 0. The van der Waals surface area contributed by atoms with Crippen molar-refractivity contribution in [2.75, 3.05) is 13.7 Å². The number of fused-ring (bicyclic) bond motifs is 1. The zero-order valence-corrected chi connectivity index (χ0v) is 19.7. The molecule has 1 aromatic heterocycles. The Morgan fingerprint density at radius 1 is 0.941 bits per heavy atom. The van der Waals surface area contributed by atoms with Gasteiger partial charge < -0.3 is 18.6 Å². The molecule has 4 rings (SSSR count). The smallest absolute Gasteiger partial charge is 0.338 e. The first-order chi connectivity index (χ1) is 16.5. The molecule has 4 aromatic rings. The maximum Gasteiger partial charge on any atom is 0.338 e. The van der Waals surface area contributed by atoms with Crippen LogP contribution in [0.15, 0.2) is 82.2 Å². The average molecular weight is 458 g/mol. The van der Waals surface area contributed by atoms with Gasteiger partial charge in [-0.05, 0) is 87.5 Å². The van der Waals surface area contributed by atoms with E-state index in [1.807, 2.05) is 69.3 Å². The predicted molar refractivity (Wildman–Crippen MR) is 132 cm³/mol. The number of hydrogen-bond acceptors (Lipinski definition) is 6. The van der Waals surface area contributed by atoms with E-state index in [2.05, 4.69) is 0 Å². The summed E-state index contributed by atoms with van der Waals surface area (Å²) >= 11 is 0. The fraction of sp³-hybridized carbons (Fsp3) is 0.214. The third-order valence-electron chi connectivity index (χ3n) is 5.10. The lowest BCUT2D eigenvalue weighted by atomic mass is 10.1. The molecule has 3 aromatic carbocycles. The van der Waals surface area contributed by atoms with Crippen LogP contribution in [0.5, 0.6) is 11.5 Å². The summed E-state index contributed by atoms with van der Waals surface area (Å²) in [6.45, 7) is 6.15. The first-order valence-electron chi connectivity index (χ1n) is 11.2. The molecule has 0 saturated carbocycles. The number of esters is 1. The maximum absolute atomic E-state index is 12.2. The molecule has 0 aliphatic heterocycles. The van der Waals surface area contributed by atoms with E-state index in [0.717, 1.165) is 27.8 Å². The Bertz CT molecular complexity index is 1350. The van der Waals surface area contributed by atoms with Gasteiger partial charge in [0.05, 0.1) is 36.4 Å². The Labute approximate surface area is 198 Å². The minimum absolute atomic E-state index is 0.174. The molecule has 0 unspecified atom stereocenters. The number of nitrogens with zero attached hydrogens (tertiary/aromatic N) is 1. The van der Waals surface area contributed by atoms with Crippen molar-refractivity contribution in [1.29, 1.82) is 0 Å². The Kier molecular flexibility index (Phi) is 6.97. The summed E-state index contributed by atoms with van der Waals surface area (Å²) in [5, 5.41) is 1.55. The van der Waals surface area contributed by atoms with E-state index in [0.29, 0.717) is 29.2 Å². The number of benzene rings is 3. The molecule has 174 valence electrons. The normalized spacial score (nSPS) is 11.6. The number of rotatable bonds is 7. The first-order valence-corrected chi connectivity index (χ1v) is 11.2. The highest BCUT2D eigenvalue weighted by atomic mass is 16.5. The third-order valence-corrected chi connectivity index (χ3v) is 5.10. The Hall–Kier alpha value is -4.06. The minimum atomic E-state index is -0.353. The SMILES string of the molecule is CCOc1ccc2oc(-c3ccc(OC)cc3)cc(=Nc3ccc(C(=O)OC(C)C)cc3)c2c1. The van der Waals surface area contributed by atoms with Gasteiger partial charge in [0.2, 0.25) is 0 Å². The van der Waals surface area contributed by atoms with Crippen molar-refractivity contribution in [3.05, 3.63) is 83.7 Å². The highest BCUT2D eigenvalue weighted by molar-refractivity contribution is 5.89. The van der Waals surface area contributed by atoms with Crippen molar-refractivity contribution in [3.8, 4) is 22.8 Å². The molecule has 34 heavy (non-hydrogen) atoms. The van der Waals surface area contributed by atoms with Crippen molar-refractivity contribution in [2.24, 2.45) is 4.99 Å². The molecule has 0 atom stereocenters. The molecular weight excluding hydrogens is 430 g/mol. The van der Waals surface area contributed by atoms with Crippen LogP contribution in [0.4, 0.5) is 5.69 Å². The Balaban J connectivity index is 1.81. The molecule has 0 aliphatic rings. The fourth-order valence-electron chi connectivity index (χ4n) is 3.49. The second-order valence-electron chi connectivity index (χ2n) is 7.93. The van der Waals surface area contributed by atoms with Crippen LogP contribution in [-0.4, -0.2) is 25.8 Å². The summed E-state index contributed by atoms with van der Waals surface area (Å²) in [6, 6.07) is 22.3. The average Bonchev–Trinajstić information content (AvgIpc) is 2.84. The van der Waals surface area contributed by atoms with Gasteiger partial charge in [-0.3, -0.25) is 0 Å². The van der Waals surface area contributed by atoms with Gasteiger partial charge >= 0.3 is 5.97 Å². The minimum Gasteiger partial charge on any atom is -0.497 e. The summed E-state index contributed by atoms with van der Waals surface area (Å²) in [5.41, 5.74) is 2.78. The topological polar surface area (TPSA) is 70.3 Å². The molecular formula is C28H27NO5. The van der Waals surface area contributed by atoms with Crippen molar-refractivity contribution < 1.29 is 23.4 Å². The summed E-state index contributed by atoms with van der Waals surface area (Å²) in [6.07, 6.45) is -0.174. The number of carbonyl (C=O) groups is 1. The van der Waals surface area contributed by atoms with E-state index < -0.39 is 0 Å². The zero-order chi connectivity index (χ0) is 24.1. The maximum atomic E-state index is 12.2. The lowest BCUT2D eigenvalue weighted by molar-refractivity contribution is 0.0378. The van der Waals surface area contributed by atoms with Crippen molar-refractivity contribution in [1.82, 2.24) is 0 Å². The summed E-state index contributed by atoms with van der Waals surface area (Å²) < 4.78 is 22.4. The molecule has 0 saturated heterocycles. The van der Waals surface area contributed by atoms with E-state index in [9.17, 15) is 4.79 Å². The second-order valence-corrected chi connectivity index (χ2v) is 7.93. The van der Waals surface area contributed by atoms with Crippen LogP contribution in [0.25, 0.3) is 22.3 Å². The van der Waals surface area contributed by atoms with E-state index in [1.165, 1.54) is 0 Å². The van der Waals surface area contributed by atoms with Gasteiger partial charge in [0.25, 0.3) is 0 Å². The van der Waals surface area contributed by atoms with Gasteiger partial charge in [-0.1, -0.05) is 0 Å². The molecule has 0 N–H and O–H groups in total. The molecule has 6 nitrogen and oxygen atoms in total. The van der Waals surface area contributed by atoms with Crippen LogP contribution in [0.3, 0.4) is 0 Å². The molecule has 0 amide bonds. The molecule has 0 bridgehead atoms. The largest absolute Gasteiger partial charge is 0.497 e. The van der Waals surface area contributed by atoms with E-state index in [4.69, 9.17) is 23.6 Å². The third kappa shape index (κ3) is 5.29. The van der Waals surface area contributed by atoms with Crippen LogP contribution in [0.2, 0.25) is 0 Å². The van der Waals surface area contributed by atoms with Gasteiger partial charge in [-0.15, -0.1) is 0 Å². The van der Waals surface area contributed by atoms with Crippen LogP contribution in [0, 0.1) is 0 Å². The highest BCUT2D eigenvalue weighted by Crippen LogP contribution is 2.27. The summed E-state index contributed by atoms with van der Waals surface area (Å²) in [4.78, 5) is 17.0. The van der Waals surface area contributed by atoms with Crippen LogP contribution in [-0.2, 0) is 4.74 Å². The predicted octanol–water partition coefficient (Wildman–Crippen LogP) is 6.30. The number of methoxy groups -OCH3 is 1. The highest BCUT2D eigenvalue weighted by Gasteiger charge is 2.10. The lowest BCUT2D eigenvalue weighted by Crippen LogP contribution is -2.11. The molecule has 6 heteroatoms. The van der Waals surface area contributed by atoms with Crippen LogP contribution in [0.1, 0.15) is 31.1 Å². The number of ether oxygens (including phenoxy) is 3. The van der Waals surface area contributed by atoms with Gasteiger partial charge in [0.15, 0.2) is 0 Å². The lowest BCUT2D eigenvalue weighted by Gasteiger charge is -2.09. The van der Waals surface area contributed by atoms with Gasteiger partial charge in [0.1, 0.15) is 22.8 Å². The molecule has 0 spiro atoms. The van der Waals surface area contributed by atoms with Crippen molar-refractivity contribution >= 4 is 22.6 Å². The monoisotopic (exact) mass is 457 g/mol. The van der Waals surface area contributed by atoms with Crippen molar-refractivity contribution in [2.45, 2.75) is 26.9 Å². The second kappa shape index (κ2) is 10.3. The standard InChI is InChI=1S/C28H27NO5/c1-5-32-23-14-15-26-24(16-23)25(17-27(34-26)19-8-12-22(31-4)13-9-19)29-21-10-6-20(7-11-21)28(30)33-18(2)3/h6-18H,5H2,1-4H3. The van der Waals surface area contributed by atoms with Gasteiger partial charge in [0, 0.05) is 17.0 Å². The van der Waals surface area contributed by atoms with Crippen LogP contribution >= 0.6 is 0 Å². The van der Waals surface area contributed by atoms with Gasteiger partial charge in [-0.25, -0.2) is 9.79 Å². The Morgan fingerprint density at radius 2 is 1.65 bits per heavy atom. The Morgan fingerprint density at radius 3 is 2.29 bits per heavy atom. The van der Waals surface area contributed by atoms with E-state index in [1.54, 1.807) is 31.4 Å². The van der Waals surface area contributed by atoms with E-state index >= 15 is 0 Å². The van der Waals surface area contributed by atoms with Crippen LogP contribution < -0.4 is 14.8 Å². The first kappa shape index (κ1) is 23.1. The fourth-order valence-corrected chi connectivity index (χ4v) is 3.49. The zero-order valence-electron chi connectivity index (χ0n) is 19.7. The van der Waals surface area contributed by atoms with Gasteiger partial charge in [-0.2, -0.15) is 0 Å². The quantitative estimate of drug-likeness (QED) is 0.304. The molecule has 0 aliphatic carbocycles. The molecule has 0 radical (unpaired) electrons. The van der Waals surface area contributed by atoms with Crippen molar-refractivity contribution in [3.63, 3.8) is 0 Å². The summed E-state index contributed by atoms with van der Waals surface area (Å²) in [7, 11) is 1.64. The molecule has 1 heterocycles. The summed E-state index contributed by atoms with van der Waals surface area (Å²) in [5.74, 6) is 1.83. The number of carbonyl (C=O) groups excluding carboxylic acids is 1. The molecule has 0 fully saturated rings.